The van der Waals surface area contributed by atoms with Crippen molar-refractivity contribution in [3.8, 4) is 0 Å². The Hall–Kier alpha value is -1.06. The SMILES string of the molecule is CCNC(=O)C(CC)(C(C)C)C(C)C.CCNC(=O)C(CC)(C(C)C)C(C)C. The Morgan fingerprint density at radius 1 is 0.571 bits per heavy atom. The van der Waals surface area contributed by atoms with Crippen molar-refractivity contribution in [1.82, 2.24) is 10.6 Å². The average molecular weight is 399 g/mol. The highest BCUT2D eigenvalue weighted by molar-refractivity contribution is 5.83. The van der Waals surface area contributed by atoms with Crippen molar-refractivity contribution in [2.75, 3.05) is 13.1 Å². The molecule has 4 nitrogen and oxygen atoms in total. The molecule has 0 aromatic rings. The Kier molecular flexibility index (Phi) is 13.8. The van der Waals surface area contributed by atoms with E-state index >= 15 is 0 Å². The van der Waals surface area contributed by atoms with Crippen LogP contribution in [0.5, 0.6) is 0 Å². The molecule has 0 heterocycles. The van der Waals surface area contributed by atoms with Crippen LogP contribution < -0.4 is 10.6 Å². The van der Waals surface area contributed by atoms with E-state index in [1.165, 1.54) is 0 Å². The Labute approximate surface area is 176 Å². The first-order valence-corrected chi connectivity index (χ1v) is 11.4. The maximum Gasteiger partial charge on any atom is 0.226 e. The van der Waals surface area contributed by atoms with Gasteiger partial charge in [-0.2, -0.15) is 0 Å². The molecule has 0 saturated carbocycles. The molecular weight excluding hydrogens is 348 g/mol. The maximum absolute atomic E-state index is 12.1. The van der Waals surface area contributed by atoms with Gasteiger partial charge < -0.3 is 10.6 Å². The third kappa shape index (κ3) is 6.49. The molecular formula is C24H50N2O2. The van der Waals surface area contributed by atoms with Crippen molar-refractivity contribution >= 4 is 11.8 Å². The summed E-state index contributed by atoms with van der Waals surface area (Å²) in [5, 5.41) is 5.92. The van der Waals surface area contributed by atoms with Crippen LogP contribution >= 0.6 is 0 Å². The van der Waals surface area contributed by atoms with Crippen LogP contribution in [0.25, 0.3) is 0 Å². The zero-order chi connectivity index (χ0) is 22.7. The van der Waals surface area contributed by atoms with E-state index in [-0.39, 0.29) is 22.6 Å². The van der Waals surface area contributed by atoms with Crippen molar-refractivity contribution < 1.29 is 9.59 Å². The number of rotatable bonds is 10. The zero-order valence-corrected chi connectivity index (χ0v) is 21.0. The molecule has 0 spiro atoms. The number of hydrogen-bond donors (Lipinski definition) is 2. The molecule has 0 rings (SSSR count). The molecule has 0 fully saturated rings. The van der Waals surface area contributed by atoms with E-state index < -0.39 is 0 Å². The molecule has 0 aromatic heterocycles. The predicted octanol–water partition coefficient (Wildman–Crippen LogP) is 5.66. The van der Waals surface area contributed by atoms with E-state index in [1.807, 2.05) is 13.8 Å². The molecule has 0 bridgehead atoms. The van der Waals surface area contributed by atoms with Gasteiger partial charge in [-0.15, -0.1) is 0 Å². The Morgan fingerprint density at radius 2 is 0.786 bits per heavy atom. The van der Waals surface area contributed by atoms with E-state index in [0.29, 0.717) is 23.7 Å². The molecule has 0 aliphatic heterocycles. The second kappa shape index (κ2) is 13.2. The minimum Gasteiger partial charge on any atom is -0.356 e. The fourth-order valence-electron chi connectivity index (χ4n) is 4.99. The second-order valence-corrected chi connectivity index (χ2v) is 9.13. The lowest BCUT2D eigenvalue weighted by atomic mass is 9.66. The lowest BCUT2D eigenvalue weighted by molar-refractivity contribution is -0.138. The summed E-state index contributed by atoms with van der Waals surface area (Å²) < 4.78 is 0. The highest BCUT2D eigenvalue weighted by atomic mass is 16.2. The predicted molar refractivity (Wildman–Crippen MR) is 122 cm³/mol. The number of carbonyl (C=O) groups excluding carboxylic acids is 2. The van der Waals surface area contributed by atoms with E-state index in [1.54, 1.807) is 0 Å². The first kappa shape index (κ1) is 29.1. The standard InChI is InChI=1S/2C12H25NO/c2*1-7-12(9(3)4,10(5)6)11(14)13-8-2/h2*9-10H,7-8H2,1-6H3,(H,13,14). The molecule has 0 radical (unpaired) electrons. The minimum atomic E-state index is -0.198. The molecule has 2 N–H and O–H groups in total. The normalized spacial score (nSPS) is 12.3. The van der Waals surface area contributed by atoms with Crippen molar-refractivity contribution in [2.24, 2.45) is 34.5 Å². The second-order valence-electron chi connectivity index (χ2n) is 9.13. The number of nitrogens with one attached hydrogen (secondary N) is 2. The fraction of sp³-hybridized carbons (Fsp3) is 0.917. The highest BCUT2D eigenvalue weighted by Gasteiger charge is 2.43. The van der Waals surface area contributed by atoms with Gasteiger partial charge >= 0.3 is 0 Å². The molecule has 4 heteroatoms. The van der Waals surface area contributed by atoms with Gasteiger partial charge in [0.25, 0.3) is 0 Å². The van der Waals surface area contributed by atoms with Gasteiger partial charge in [-0.3, -0.25) is 9.59 Å². The fourth-order valence-corrected chi connectivity index (χ4v) is 4.99. The van der Waals surface area contributed by atoms with E-state index in [2.05, 4.69) is 79.9 Å². The molecule has 0 aliphatic rings. The zero-order valence-electron chi connectivity index (χ0n) is 21.0. The number of carbonyl (C=O) groups is 2. The molecule has 0 aromatic carbocycles. The van der Waals surface area contributed by atoms with E-state index in [9.17, 15) is 9.59 Å². The molecule has 0 unspecified atom stereocenters. The van der Waals surface area contributed by atoms with Gasteiger partial charge in [0, 0.05) is 13.1 Å². The highest BCUT2D eigenvalue weighted by Crippen LogP contribution is 2.40. The summed E-state index contributed by atoms with van der Waals surface area (Å²) in [5.41, 5.74) is -0.397. The van der Waals surface area contributed by atoms with E-state index in [0.717, 1.165) is 25.9 Å². The smallest absolute Gasteiger partial charge is 0.226 e. The summed E-state index contributed by atoms with van der Waals surface area (Å²) in [5.74, 6) is 1.98. The van der Waals surface area contributed by atoms with Crippen molar-refractivity contribution in [1.29, 1.82) is 0 Å². The summed E-state index contributed by atoms with van der Waals surface area (Å²) in [6.07, 6.45) is 1.82. The Morgan fingerprint density at radius 3 is 0.893 bits per heavy atom. The largest absolute Gasteiger partial charge is 0.356 e. The molecule has 28 heavy (non-hydrogen) atoms. The quantitative estimate of drug-likeness (QED) is 0.498. The van der Waals surface area contributed by atoms with Crippen LogP contribution in [0.2, 0.25) is 0 Å². The summed E-state index contributed by atoms with van der Waals surface area (Å²) in [4.78, 5) is 24.1. The first-order valence-electron chi connectivity index (χ1n) is 11.4. The third-order valence-corrected chi connectivity index (χ3v) is 6.81. The number of amides is 2. The summed E-state index contributed by atoms with van der Waals surface area (Å²) in [7, 11) is 0. The van der Waals surface area contributed by atoms with Crippen molar-refractivity contribution in [2.45, 2.75) is 95.9 Å². The Balaban J connectivity index is 0. The van der Waals surface area contributed by atoms with Gasteiger partial charge in [0.2, 0.25) is 11.8 Å². The molecule has 168 valence electrons. The molecule has 0 saturated heterocycles. The molecule has 0 aliphatic carbocycles. The van der Waals surface area contributed by atoms with Gasteiger partial charge in [-0.25, -0.2) is 0 Å². The topological polar surface area (TPSA) is 58.2 Å². The lowest BCUT2D eigenvalue weighted by Gasteiger charge is -2.39. The van der Waals surface area contributed by atoms with Crippen LogP contribution in [0, 0.1) is 34.5 Å². The summed E-state index contributed by atoms with van der Waals surface area (Å²) in [6, 6.07) is 0. The number of hydrogen-bond acceptors (Lipinski definition) is 2. The molecule has 0 atom stereocenters. The van der Waals surface area contributed by atoms with E-state index in [4.69, 9.17) is 0 Å². The summed E-state index contributed by atoms with van der Waals surface area (Å²) >= 11 is 0. The van der Waals surface area contributed by atoms with Crippen LogP contribution in [0.1, 0.15) is 95.9 Å². The van der Waals surface area contributed by atoms with Crippen molar-refractivity contribution in [3.63, 3.8) is 0 Å². The summed E-state index contributed by atoms with van der Waals surface area (Å²) in [6.45, 7) is 26.7. The van der Waals surface area contributed by atoms with Crippen LogP contribution in [0.4, 0.5) is 0 Å². The van der Waals surface area contributed by atoms with Gasteiger partial charge in [0.15, 0.2) is 0 Å². The van der Waals surface area contributed by atoms with Crippen LogP contribution in [-0.4, -0.2) is 24.9 Å². The van der Waals surface area contributed by atoms with Gasteiger partial charge in [-0.05, 0) is 50.4 Å². The maximum atomic E-state index is 12.1. The minimum absolute atomic E-state index is 0.198. The molecule has 2 amide bonds. The van der Waals surface area contributed by atoms with Gasteiger partial charge in [0.1, 0.15) is 0 Å². The van der Waals surface area contributed by atoms with Crippen LogP contribution in [0.3, 0.4) is 0 Å². The lowest BCUT2D eigenvalue weighted by Crippen LogP contribution is -2.47. The van der Waals surface area contributed by atoms with Crippen LogP contribution in [-0.2, 0) is 9.59 Å². The van der Waals surface area contributed by atoms with Crippen LogP contribution in [0.15, 0.2) is 0 Å². The first-order chi connectivity index (χ1) is 12.9. The average Bonchev–Trinajstić information content (AvgIpc) is 2.56. The monoisotopic (exact) mass is 398 g/mol. The van der Waals surface area contributed by atoms with Crippen molar-refractivity contribution in [3.05, 3.63) is 0 Å². The third-order valence-electron chi connectivity index (χ3n) is 6.81. The van der Waals surface area contributed by atoms with Gasteiger partial charge in [-0.1, -0.05) is 69.2 Å². The Bertz CT molecular complexity index is 396. The van der Waals surface area contributed by atoms with Gasteiger partial charge in [0.05, 0.1) is 10.8 Å².